The summed E-state index contributed by atoms with van der Waals surface area (Å²) >= 11 is 0. The molecule has 0 radical (unpaired) electrons. The van der Waals surface area contributed by atoms with Crippen LogP contribution in [0.5, 0.6) is 0 Å². The summed E-state index contributed by atoms with van der Waals surface area (Å²) in [5.41, 5.74) is 3.88. The minimum absolute atomic E-state index is 0.0674. The maximum Gasteiger partial charge on any atom is 0.318 e. The molecule has 0 atom stereocenters. The Labute approximate surface area is 184 Å². The monoisotopic (exact) mass is 449 g/mol. The molecule has 4 rings (SSSR count). The first-order valence-corrected chi connectivity index (χ1v) is 11.1. The van der Waals surface area contributed by atoms with Gasteiger partial charge in [0, 0.05) is 16.9 Å². The van der Waals surface area contributed by atoms with Crippen LogP contribution in [0.15, 0.2) is 83.8 Å². The van der Waals surface area contributed by atoms with Gasteiger partial charge in [-0.25, -0.2) is 8.42 Å². The van der Waals surface area contributed by atoms with Crippen molar-refractivity contribution in [1.82, 2.24) is 4.72 Å². The first-order chi connectivity index (χ1) is 15.3. The van der Waals surface area contributed by atoms with E-state index in [1.54, 1.807) is 12.1 Å². The van der Waals surface area contributed by atoms with Crippen LogP contribution in [0.1, 0.15) is 11.1 Å². The molecule has 4 N–H and O–H groups in total. The molecule has 162 valence electrons. The highest BCUT2D eigenvalue weighted by Crippen LogP contribution is 2.37. The number of anilines is 2. The average Bonchev–Trinajstić information content (AvgIpc) is 3.12. The molecular weight excluding hydrogens is 430 g/mol. The van der Waals surface area contributed by atoms with E-state index in [4.69, 9.17) is 5.11 Å². The van der Waals surface area contributed by atoms with Gasteiger partial charge < -0.3 is 15.7 Å². The maximum absolute atomic E-state index is 12.8. The van der Waals surface area contributed by atoms with Gasteiger partial charge in [-0.15, -0.1) is 0 Å². The summed E-state index contributed by atoms with van der Waals surface area (Å²) in [5, 5.41) is 14.8. The fourth-order valence-electron chi connectivity index (χ4n) is 3.35. The van der Waals surface area contributed by atoms with Crippen LogP contribution in [0.3, 0.4) is 0 Å². The smallest absolute Gasteiger partial charge is 0.318 e. The molecule has 0 fully saturated rings. The third-order valence-corrected chi connectivity index (χ3v) is 6.25. The van der Waals surface area contributed by atoms with Crippen LogP contribution in [0, 0.1) is 0 Å². The van der Waals surface area contributed by atoms with Gasteiger partial charge in [0.15, 0.2) is 0 Å². The van der Waals surface area contributed by atoms with E-state index in [-0.39, 0.29) is 10.8 Å². The Morgan fingerprint density at radius 1 is 0.906 bits per heavy atom. The number of hydrogen-bond acceptors (Lipinski definition) is 5. The molecule has 3 aromatic rings. The van der Waals surface area contributed by atoms with Crippen molar-refractivity contribution in [2.24, 2.45) is 0 Å². The van der Waals surface area contributed by atoms with Gasteiger partial charge in [-0.1, -0.05) is 48.5 Å². The number of sulfonamides is 1. The van der Waals surface area contributed by atoms with Crippen LogP contribution in [0.2, 0.25) is 0 Å². The number of carboxylic acid groups (broad SMARTS) is 1. The predicted octanol–water partition coefficient (Wildman–Crippen LogP) is 2.98. The Kier molecular flexibility index (Phi) is 5.76. The summed E-state index contributed by atoms with van der Waals surface area (Å²) in [6.07, 6.45) is 0. The van der Waals surface area contributed by atoms with Gasteiger partial charge in [0.25, 0.3) is 5.91 Å². The van der Waals surface area contributed by atoms with Crippen LogP contribution in [-0.4, -0.2) is 31.9 Å². The summed E-state index contributed by atoms with van der Waals surface area (Å²) in [6.45, 7) is -0.707. The third-order valence-electron chi connectivity index (χ3n) is 4.83. The first kappa shape index (κ1) is 21.3. The molecule has 1 aliphatic rings. The molecule has 0 saturated heterocycles. The van der Waals surface area contributed by atoms with E-state index in [2.05, 4.69) is 10.6 Å². The lowest BCUT2D eigenvalue weighted by Crippen LogP contribution is -2.29. The fourth-order valence-corrected chi connectivity index (χ4v) is 4.33. The van der Waals surface area contributed by atoms with Crippen LogP contribution in [0.25, 0.3) is 11.3 Å². The molecule has 3 aromatic carbocycles. The van der Waals surface area contributed by atoms with E-state index in [1.807, 2.05) is 59.3 Å². The third kappa shape index (κ3) is 4.39. The van der Waals surface area contributed by atoms with Crippen molar-refractivity contribution in [3.8, 4) is 0 Å². The number of carbonyl (C=O) groups excluding carboxylic acids is 1. The van der Waals surface area contributed by atoms with Crippen molar-refractivity contribution in [3.63, 3.8) is 0 Å². The molecule has 32 heavy (non-hydrogen) atoms. The van der Waals surface area contributed by atoms with Gasteiger partial charge in [-0.3, -0.25) is 9.59 Å². The summed E-state index contributed by atoms with van der Waals surface area (Å²) in [4.78, 5) is 23.4. The van der Waals surface area contributed by atoms with Gasteiger partial charge in [0.1, 0.15) is 6.54 Å². The number of para-hydroxylation sites is 1. The van der Waals surface area contributed by atoms with E-state index in [9.17, 15) is 18.0 Å². The number of amides is 1. The Morgan fingerprint density at radius 2 is 1.56 bits per heavy atom. The zero-order chi connectivity index (χ0) is 22.7. The van der Waals surface area contributed by atoms with Crippen molar-refractivity contribution >= 4 is 44.5 Å². The summed E-state index contributed by atoms with van der Waals surface area (Å²) in [5.74, 6) is -1.52. The quantitative estimate of drug-likeness (QED) is 0.411. The fraction of sp³-hybridized carbons (Fsp3) is 0.0435. The Hall–Kier alpha value is -3.95. The zero-order valence-corrected chi connectivity index (χ0v) is 17.5. The van der Waals surface area contributed by atoms with Crippen molar-refractivity contribution in [3.05, 3.63) is 90.0 Å². The lowest BCUT2D eigenvalue weighted by Gasteiger charge is -2.15. The van der Waals surface area contributed by atoms with E-state index < -0.39 is 22.5 Å². The molecule has 0 aliphatic carbocycles. The van der Waals surface area contributed by atoms with Gasteiger partial charge in [0.2, 0.25) is 10.0 Å². The second kappa shape index (κ2) is 8.66. The largest absolute Gasteiger partial charge is 0.480 e. The number of nitrogens with one attached hydrogen (secondary N) is 3. The number of carbonyl (C=O) groups is 2. The Morgan fingerprint density at radius 3 is 2.25 bits per heavy atom. The molecule has 9 heteroatoms. The molecule has 8 nitrogen and oxygen atoms in total. The first-order valence-electron chi connectivity index (χ1n) is 9.64. The van der Waals surface area contributed by atoms with Crippen molar-refractivity contribution < 1.29 is 23.1 Å². The van der Waals surface area contributed by atoms with Gasteiger partial charge in [0.05, 0.1) is 16.2 Å². The number of hydrogen-bond donors (Lipinski definition) is 4. The zero-order valence-electron chi connectivity index (χ0n) is 16.7. The molecule has 1 amide bonds. The van der Waals surface area contributed by atoms with Crippen molar-refractivity contribution in [1.29, 1.82) is 0 Å². The summed E-state index contributed by atoms with van der Waals surface area (Å²) < 4.78 is 26.5. The highest BCUT2D eigenvalue weighted by molar-refractivity contribution is 7.89. The summed E-state index contributed by atoms with van der Waals surface area (Å²) in [7, 11) is -3.95. The highest BCUT2D eigenvalue weighted by Gasteiger charge is 2.28. The van der Waals surface area contributed by atoms with E-state index in [1.165, 1.54) is 12.1 Å². The molecular formula is C23H19N3O5S. The minimum atomic E-state index is -3.95. The number of benzene rings is 3. The minimum Gasteiger partial charge on any atom is -0.480 e. The van der Waals surface area contributed by atoms with Crippen molar-refractivity contribution in [2.75, 3.05) is 17.2 Å². The lowest BCUT2D eigenvalue weighted by atomic mass is 10.00. The number of aliphatic carboxylic acids is 1. The number of carboxylic acids is 1. The maximum atomic E-state index is 12.8. The molecule has 1 heterocycles. The normalized spacial score (nSPS) is 14.4. The molecule has 0 spiro atoms. The topological polar surface area (TPSA) is 125 Å². The van der Waals surface area contributed by atoms with E-state index >= 15 is 0 Å². The Bertz CT molecular complexity index is 1320. The number of fused-ring (bicyclic) bond motifs is 1. The molecule has 1 aliphatic heterocycles. The second-order valence-corrected chi connectivity index (χ2v) is 8.75. The van der Waals surface area contributed by atoms with Gasteiger partial charge in [-0.2, -0.15) is 4.72 Å². The molecule has 0 unspecified atom stereocenters. The van der Waals surface area contributed by atoms with E-state index in [0.29, 0.717) is 22.6 Å². The highest BCUT2D eigenvalue weighted by atomic mass is 32.2. The Balaban J connectivity index is 1.71. The lowest BCUT2D eigenvalue weighted by molar-refractivity contribution is -0.135. The second-order valence-electron chi connectivity index (χ2n) is 6.98. The summed E-state index contributed by atoms with van der Waals surface area (Å²) in [6, 6.07) is 22.6. The van der Waals surface area contributed by atoms with Gasteiger partial charge in [-0.05, 0) is 35.9 Å². The van der Waals surface area contributed by atoms with Gasteiger partial charge >= 0.3 is 5.97 Å². The van der Waals surface area contributed by atoms with Crippen LogP contribution >= 0.6 is 0 Å². The average molecular weight is 449 g/mol. The number of rotatable bonds is 7. The predicted molar refractivity (Wildman–Crippen MR) is 121 cm³/mol. The molecule has 0 saturated carbocycles. The molecule has 0 bridgehead atoms. The standard InChI is InChI=1S/C23H19N3O5S/c27-20(28)14-24-32(30,31)17-12-10-16(11-13-17)25-22(15-6-2-1-3-7-15)21-18-8-4-5-9-19(18)26-23(21)29/h1-13,24-25H,14H2,(H,26,29)(H,27,28)/b22-21-. The van der Waals surface area contributed by atoms with Crippen LogP contribution in [-0.2, 0) is 19.6 Å². The molecule has 0 aromatic heterocycles. The van der Waals surface area contributed by atoms with E-state index in [0.717, 1.165) is 11.1 Å². The van der Waals surface area contributed by atoms with Crippen LogP contribution < -0.4 is 15.4 Å². The SMILES string of the molecule is O=C(O)CNS(=O)(=O)c1ccc(N/C(=C2\C(=O)Nc3ccccc32)c2ccccc2)cc1. The van der Waals surface area contributed by atoms with Crippen LogP contribution in [0.4, 0.5) is 11.4 Å². The van der Waals surface area contributed by atoms with Crippen molar-refractivity contribution in [2.45, 2.75) is 4.90 Å².